The fraction of sp³-hybridized carbons (Fsp3) is 0.786. The van der Waals surface area contributed by atoms with Crippen molar-refractivity contribution >= 4 is 18.0 Å². The first-order valence-corrected chi connectivity index (χ1v) is 7.45. The zero-order chi connectivity index (χ0) is 15.8. The molecule has 0 aromatic carbocycles. The van der Waals surface area contributed by atoms with Crippen molar-refractivity contribution in [1.29, 1.82) is 0 Å². The molecule has 0 saturated heterocycles. The summed E-state index contributed by atoms with van der Waals surface area (Å²) in [5.74, 6) is -2.20. The van der Waals surface area contributed by atoms with E-state index in [2.05, 4.69) is 10.6 Å². The number of aliphatic carboxylic acids is 2. The van der Waals surface area contributed by atoms with Crippen molar-refractivity contribution in [3.8, 4) is 0 Å². The molecule has 1 rings (SSSR count). The summed E-state index contributed by atoms with van der Waals surface area (Å²) in [6.45, 7) is 1.98. The van der Waals surface area contributed by atoms with Gasteiger partial charge < -0.3 is 20.8 Å². The number of carboxylic acid groups (broad SMARTS) is 2. The predicted octanol–water partition coefficient (Wildman–Crippen LogP) is 1.57. The Hall–Kier alpha value is -1.79. The normalized spacial score (nSPS) is 18.5. The van der Waals surface area contributed by atoms with Crippen LogP contribution in [0.5, 0.6) is 0 Å². The van der Waals surface area contributed by atoms with Gasteiger partial charge in [0.15, 0.2) is 0 Å². The van der Waals surface area contributed by atoms with Gasteiger partial charge in [0.05, 0.1) is 6.42 Å². The van der Waals surface area contributed by atoms with Crippen LogP contribution < -0.4 is 10.6 Å². The highest BCUT2D eigenvalue weighted by Crippen LogP contribution is 2.27. The monoisotopic (exact) mass is 300 g/mol. The summed E-state index contributed by atoms with van der Waals surface area (Å²) in [7, 11) is 0. The van der Waals surface area contributed by atoms with Gasteiger partial charge >= 0.3 is 18.0 Å². The highest BCUT2D eigenvalue weighted by Gasteiger charge is 2.27. The maximum absolute atomic E-state index is 11.9. The molecule has 21 heavy (non-hydrogen) atoms. The highest BCUT2D eigenvalue weighted by molar-refractivity contribution is 5.86. The first-order valence-electron chi connectivity index (χ1n) is 7.45. The average Bonchev–Trinajstić information content (AvgIpc) is 2.44. The van der Waals surface area contributed by atoms with Gasteiger partial charge in [0.25, 0.3) is 0 Å². The Labute approximate surface area is 124 Å². The molecule has 1 aliphatic rings. The van der Waals surface area contributed by atoms with Gasteiger partial charge in [-0.2, -0.15) is 0 Å². The van der Waals surface area contributed by atoms with Crippen molar-refractivity contribution in [2.75, 3.05) is 0 Å². The maximum Gasteiger partial charge on any atom is 0.326 e. The van der Waals surface area contributed by atoms with Crippen LogP contribution in [-0.2, 0) is 9.59 Å². The van der Waals surface area contributed by atoms with Gasteiger partial charge in [0, 0.05) is 6.04 Å². The third-order valence-corrected chi connectivity index (χ3v) is 3.96. The van der Waals surface area contributed by atoms with Gasteiger partial charge in [-0.05, 0) is 25.2 Å². The lowest BCUT2D eigenvalue weighted by Gasteiger charge is -2.30. The summed E-state index contributed by atoms with van der Waals surface area (Å²) in [5, 5.41) is 22.6. The fourth-order valence-electron chi connectivity index (χ4n) is 2.83. The summed E-state index contributed by atoms with van der Waals surface area (Å²) in [6, 6.07) is -2.02. The molecule has 0 bridgehead atoms. The molecule has 0 aromatic heterocycles. The summed E-state index contributed by atoms with van der Waals surface area (Å²) < 4.78 is 0. The Balaban J connectivity index is 2.52. The summed E-state index contributed by atoms with van der Waals surface area (Å²) in [6.07, 6.45) is 5.80. The van der Waals surface area contributed by atoms with Crippen molar-refractivity contribution in [2.45, 2.75) is 64.0 Å². The zero-order valence-corrected chi connectivity index (χ0v) is 12.3. The van der Waals surface area contributed by atoms with Gasteiger partial charge in [-0.25, -0.2) is 9.59 Å². The Morgan fingerprint density at radius 3 is 2.19 bits per heavy atom. The Bertz CT molecular complexity index is 380. The van der Waals surface area contributed by atoms with E-state index in [0.29, 0.717) is 5.92 Å². The van der Waals surface area contributed by atoms with Crippen LogP contribution >= 0.6 is 0 Å². The van der Waals surface area contributed by atoms with Gasteiger partial charge in [-0.15, -0.1) is 0 Å². The van der Waals surface area contributed by atoms with Crippen LogP contribution in [0.2, 0.25) is 0 Å². The van der Waals surface area contributed by atoms with E-state index in [9.17, 15) is 14.4 Å². The molecule has 1 fully saturated rings. The predicted molar refractivity (Wildman–Crippen MR) is 76.0 cm³/mol. The number of urea groups is 1. The molecular formula is C14H24N2O5. The number of carbonyl (C=O) groups is 3. The first kappa shape index (κ1) is 17.3. The van der Waals surface area contributed by atoms with Gasteiger partial charge in [-0.1, -0.05) is 26.2 Å². The van der Waals surface area contributed by atoms with Crippen LogP contribution in [0.25, 0.3) is 0 Å². The van der Waals surface area contributed by atoms with Crippen LogP contribution in [0.3, 0.4) is 0 Å². The minimum atomic E-state index is -1.41. The minimum absolute atomic E-state index is 0.00423. The lowest BCUT2D eigenvalue weighted by atomic mass is 9.83. The van der Waals surface area contributed by atoms with Crippen LogP contribution in [0.4, 0.5) is 4.79 Å². The minimum Gasteiger partial charge on any atom is -0.481 e. The van der Waals surface area contributed by atoms with Crippen molar-refractivity contribution < 1.29 is 24.6 Å². The third-order valence-electron chi connectivity index (χ3n) is 3.96. The second-order valence-corrected chi connectivity index (χ2v) is 5.52. The van der Waals surface area contributed by atoms with Crippen molar-refractivity contribution in [1.82, 2.24) is 10.6 Å². The number of amides is 2. The second-order valence-electron chi connectivity index (χ2n) is 5.52. The molecule has 2 atom stereocenters. The Morgan fingerprint density at radius 1 is 1.10 bits per heavy atom. The molecule has 1 aliphatic carbocycles. The van der Waals surface area contributed by atoms with Crippen LogP contribution in [0.15, 0.2) is 0 Å². The average molecular weight is 300 g/mol. The summed E-state index contributed by atoms with van der Waals surface area (Å²) in [5.41, 5.74) is 0. The second kappa shape index (κ2) is 8.49. The number of hydrogen-bond acceptors (Lipinski definition) is 3. The first-order chi connectivity index (χ1) is 9.93. The zero-order valence-electron chi connectivity index (χ0n) is 12.3. The van der Waals surface area contributed by atoms with E-state index < -0.39 is 30.4 Å². The Morgan fingerprint density at radius 2 is 1.71 bits per heavy atom. The van der Waals surface area contributed by atoms with Crippen molar-refractivity contribution in [3.63, 3.8) is 0 Å². The molecule has 120 valence electrons. The van der Waals surface area contributed by atoms with E-state index in [-0.39, 0.29) is 6.04 Å². The van der Waals surface area contributed by atoms with E-state index in [1.165, 1.54) is 6.42 Å². The number of rotatable bonds is 7. The quantitative estimate of drug-likeness (QED) is 0.569. The van der Waals surface area contributed by atoms with Gasteiger partial charge in [0.2, 0.25) is 0 Å². The molecule has 2 unspecified atom stereocenters. The van der Waals surface area contributed by atoms with Crippen molar-refractivity contribution in [3.05, 3.63) is 0 Å². The van der Waals surface area contributed by atoms with Crippen LogP contribution in [0, 0.1) is 5.92 Å². The molecule has 0 aliphatic heterocycles. The standard InChI is InChI=1S/C14H24N2O5/c1-2-10(9-6-4-3-5-7-9)15-14(21)16-11(13(19)20)8-12(17)18/h9-11H,2-8H2,1H3,(H,17,18)(H,19,20)(H2,15,16,21). The number of carboxylic acids is 2. The number of nitrogens with one attached hydrogen (secondary N) is 2. The molecule has 2 amide bonds. The largest absolute Gasteiger partial charge is 0.481 e. The molecule has 0 spiro atoms. The molecule has 0 heterocycles. The third kappa shape index (κ3) is 6.01. The lowest BCUT2D eigenvalue weighted by molar-refractivity contribution is -0.145. The molecular weight excluding hydrogens is 276 g/mol. The van der Waals surface area contributed by atoms with Crippen LogP contribution in [0.1, 0.15) is 51.9 Å². The van der Waals surface area contributed by atoms with E-state index in [1.807, 2.05) is 6.92 Å². The molecule has 4 N–H and O–H groups in total. The van der Waals surface area contributed by atoms with Crippen LogP contribution in [-0.4, -0.2) is 40.3 Å². The SMILES string of the molecule is CCC(NC(=O)NC(CC(=O)O)C(=O)O)C1CCCCC1. The fourth-order valence-corrected chi connectivity index (χ4v) is 2.83. The topological polar surface area (TPSA) is 116 Å². The van der Waals surface area contributed by atoms with E-state index >= 15 is 0 Å². The van der Waals surface area contributed by atoms with Crippen molar-refractivity contribution in [2.24, 2.45) is 5.92 Å². The molecule has 1 saturated carbocycles. The molecule has 0 radical (unpaired) electrons. The van der Waals surface area contributed by atoms with Gasteiger partial charge in [-0.3, -0.25) is 4.79 Å². The number of carbonyl (C=O) groups excluding carboxylic acids is 1. The summed E-state index contributed by atoms with van der Waals surface area (Å²) in [4.78, 5) is 33.4. The lowest BCUT2D eigenvalue weighted by Crippen LogP contribution is -2.51. The van der Waals surface area contributed by atoms with E-state index in [1.54, 1.807) is 0 Å². The van der Waals surface area contributed by atoms with E-state index in [0.717, 1.165) is 32.1 Å². The van der Waals surface area contributed by atoms with Gasteiger partial charge in [0.1, 0.15) is 6.04 Å². The highest BCUT2D eigenvalue weighted by atomic mass is 16.4. The molecule has 7 heteroatoms. The molecule has 7 nitrogen and oxygen atoms in total. The smallest absolute Gasteiger partial charge is 0.326 e. The number of hydrogen-bond donors (Lipinski definition) is 4. The van der Waals surface area contributed by atoms with E-state index in [4.69, 9.17) is 10.2 Å². The Kier molecular flexibility index (Phi) is 6.98. The summed E-state index contributed by atoms with van der Waals surface area (Å²) >= 11 is 0. The molecule has 0 aromatic rings. The maximum atomic E-state index is 11.9.